The molecule has 0 fully saturated rings. The SMILES string of the molecule is Cc1ccccc1OCCCC(=O)NCCc1nc(C(=O)O)cs1. The number of nitrogens with zero attached hydrogens (tertiary/aromatic N) is 1. The predicted molar refractivity (Wildman–Crippen MR) is 91.7 cm³/mol. The number of rotatable bonds is 9. The third-order valence-electron chi connectivity index (χ3n) is 3.33. The number of nitrogens with one attached hydrogen (secondary N) is 1. The molecule has 1 aromatic heterocycles. The molecule has 6 nitrogen and oxygen atoms in total. The number of amides is 1. The first-order chi connectivity index (χ1) is 11.6. The zero-order chi connectivity index (χ0) is 17.4. The van der Waals surface area contributed by atoms with E-state index in [0.29, 0.717) is 37.4 Å². The van der Waals surface area contributed by atoms with Gasteiger partial charge in [0.25, 0.3) is 0 Å². The fourth-order valence-corrected chi connectivity index (χ4v) is 2.83. The van der Waals surface area contributed by atoms with Crippen LogP contribution in [0.2, 0.25) is 0 Å². The second kappa shape index (κ2) is 9.02. The highest BCUT2D eigenvalue weighted by atomic mass is 32.1. The third-order valence-corrected chi connectivity index (χ3v) is 4.24. The quantitative estimate of drug-likeness (QED) is 0.680. The van der Waals surface area contributed by atoms with Crippen LogP contribution in [0.4, 0.5) is 0 Å². The Kier molecular flexibility index (Phi) is 6.74. The Morgan fingerprint density at radius 2 is 2.12 bits per heavy atom. The molecule has 0 aliphatic heterocycles. The number of benzene rings is 1. The first-order valence-electron chi connectivity index (χ1n) is 7.69. The highest BCUT2D eigenvalue weighted by molar-refractivity contribution is 7.09. The zero-order valence-electron chi connectivity index (χ0n) is 13.4. The van der Waals surface area contributed by atoms with Gasteiger partial charge in [0.2, 0.25) is 5.91 Å². The molecule has 0 atom stereocenters. The lowest BCUT2D eigenvalue weighted by Crippen LogP contribution is -2.25. The fourth-order valence-electron chi connectivity index (χ4n) is 2.05. The van der Waals surface area contributed by atoms with E-state index in [1.165, 1.54) is 16.7 Å². The van der Waals surface area contributed by atoms with E-state index < -0.39 is 5.97 Å². The second-order valence-corrected chi connectivity index (χ2v) is 6.19. The molecule has 0 aliphatic rings. The predicted octanol–water partition coefficient (Wildman–Crippen LogP) is 2.67. The van der Waals surface area contributed by atoms with Crippen molar-refractivity contribution in [1.82, 2.24) is 10.3 Å². The zero-order valence-corrected chi connectivity index (χ0v) is 14.3. The summed E-state index contributed by atoms with van der Waals surface area (Å²) in [6.45, 7) is 2.92. The number of hydrogen-bond donors (Lipinski definition) is 2. The topological polar surface area (TPSA) is 88.5 Å². The van der Waals surface area contributed by atoms with Crippen LogP contribution in [0.25, 0.3) is 0 Å². The Bertz CT molecular complexity index is 699. The van der Waals surface area contributed by atoms with Gasteiger partial charge in [0.1, 0.15) is 5.75 Å². The van der Waals surface area contributed by atoms with E-state index in [1.54, 1.807) is 0 Å². The molecular weight excluding hydrogens is 328 g/mol. The van der Waals surface area contributed by atoms with Crippen LogP contribution < -0.4 is 10.1 Å². The minimum atomic E-state index is -1.03. The molecule has 0 aliphatic carbocycles. The summed E-state index contributed by atoms with van der Waals surface area (Å²) in [6.07, 6.45) is 1.56. The minimum Gasteiger partial charge on any atom is -0.493 e. The van der Waals surface area contributed by atoms with Crippen molar-refractivity contribution in [2.24, 2.45) is 0 Å². The molecule has 24 heavy (non-hydrogen) atoms. The van der Waals surface area contributed by atoms with Gasteiger partial charge in [-0.1, -0.05) is 18.2 Å². The first-order valence-corrected chi connectivity index (χ1v) is 8.57. The van der Waals surface area contributed by atoms with Crippen molar-refractivity contribution >= 4 is 23.2 Å². The van der Waals surface area contributed by atoms with Gasteiger partial charge in [0.05, 0.1) is 11.6 Å². The number of carboxylic acids is 1. The number of carbonyl (C=O) groups excluding carboxylic acids is 1. The van der Waals surface area contributed by atoms with Crippen LogP contribution in [-0.4, -0.2) is 35.1 Å². The molecule has 2 aromatic rings. The molecule has 0 unspecified atom stereocenters. The van der Waals surface area contributed by atoms with Crippen LogP contribution in [0, 0.1) is 6.92 Å². The Hall–Kier alpha value is -2.41. The average molecular weight is 348 g/mol. The average Bonchev–Trinajstić information content (AvgIpc) is 3.02. The molecular formula is C17H20N2O4S. The molecule has 0 spiro atoms. The van der Waals surface area contributed by atoms with E-state index in [4.69, 9.17) is 9.84 Å². The van der Waals surface area contributed by atoms with Crippen molar-refractivity contribution in [2.45, 2.75) is 26.2 Å². The largest absolute Gasteiger partial charge is 0.493 e. The van der Waals surface area contributed by atoms with Crippen molar-refractivity contribution in [3.63, 3.8) is 0 Å². The molecule has 0 saturated heterocycles. The lowest BCUT2D eigenvalue weighted by molar-refractivity contribution is -0.121. The van der Waals surface area contributed by atoms with Crippen LogP contribution in [0.1, 0.15) is 33.9 Å². The fraction of sp³-hybridized carbons (Fsp3) is 0.353. The van der Waals surface area contributed by atoms with Gasteiger partial charge in [0.15, 0.2) is 5.69 Å². The number of carboxylic acid groups (broad SMARTS) is 1. The van der Waals surface area contributed by atoms with E-state index in [-0.39, 0.29) is 11.6 Å². The maximum Gasteiger partial charge on any atom is 0.355 e. The van der Waals surface area contributed by atoms with Gasteiger partial charge < -0.3 is 15.2 Å². The van der Waals surface area contributed by atoms with Gasteiger partial charge in [0, 0.05) is 24.8 Å². The molecule has 7 heteroatoms. The number of aromatic nitrogens is 1. The molecule has 1 aromatic carbocycles. The number of thiazole rings is 1. The van der Waals surface area contributed by atoms with Crippen LogP contribution >= 0.6 is 11.3 Å². The molecule has 2 rings (SSSR count). The normalized spacial score (nSPS) is 10.4. The van der Waals surface area contributed by atoms with Crippen molar-refractivity contribution in [2.75, 3.05) is 13.2 Å². The summed E-state index contributed by atoms with van der Waals surface area (Å²) in [4.78, 5) is 26.4. The lowest BCUT2D eigenvalue weighted by Gasteiger charge is -2.08. The first kappa shape index (κ1) is 17.9. The van der Waals surface area contributed by atoms with Crippen LogP contribution in [0.15, 0.2) is 29.6 Å². The number of ether oxygens (including phenoxy) is 1. The summed E-state index contributed by atoms with van der Waals surface area (Å²) < 4.78 is 5.64. The van der Waals surface area contributed by atoms with Crippen LogP contribution in [0.3, 0.4) is 0 Å². The number of carbonyl (C=O) groups is 2. The van der Waals surface area contributed by atoms with Crippen molar-refractivity contribution in [3.05, 3.63) is 45.9 Å². The van der Waals surface area contributed by atoms with Crippen LogP contribution in [-0.2, 0) is 11.2 Å². The van der Waals surface area contributed by atoms with E-state index in [0.717, 1.165) is 11.3 Å². The van der Waals surface area contributed by atoms with Gasteiger partial charge in [-0.25, -0.2) is 9.78 Å². The van der Waals surface area contributed by atoms with Gasteiger partial charge >= 0.3 is 5.97 Å². The van der Waals surface area contributed by atoms with E-state index in [2.05, 4.69) is 10.3 Å². The smallest absolute Gasteiger partial charge is 0.355 e. The maximum atomic E-state index is 11.7. The summed E-state index contributed by atoms with van der Waals surface area (Å²) in [5.74, 6) is -0.232. The monoisotopic (exact) mass is 348 g/mol. The van der Waals surface area contributed by atoms with Gasteiger partial charge in [-0.2, -0.15) is 0 Å². The number of para-hydroxylation sites is 1. The molecule has 0 bridgehead atoms. The van der Waals surface area contributed by atoms with Gasteiger partial charge in [-0.05, 0) is 25.0 Å². The van der Waals surface area contributed by atoms with Crippen LogP contribution in [0.5, 0.6) is 5.75 Å². The van der Waals surface area contributed by atoms with Crippen molar-refractivity contribution in [3.8, 4) is 5.75 Å². The van der Waals surface area contributed by atoms with E-state index >= 15 is 0 Å². The Balaban J connectivity index is 1.59. The summed E-state index contributed by atoms with van der Waals surface area (Å²) in [5, 5.41) is 13.8. The number of hydrogen-bond acceptors (Lipinski definition) is 5. The summed E-state index contributed by atoms with van der Waals surface area (Å²) in [6, 6.07) is 7.77. The second-order valence-electron chi connectivity index (χ2n) is 5.25. The Labute approximate surface area is 144 Å². The van der Waals surface area contributed by atoms with Gasteiger partial charge in [-0.15, -0.1) is 11.3 Å². The standard InChI is InChI=1S/C17H20N2O4S/c1-12-5-2-3-6-14(12)23-10-4-7-15(20)18-9-8-16-19-13(11-24-16)17(21)22/h2-3,5-6,11H,4,7-10H2,1H3,(H,18,20)(H,21,22). The highest BCUT2D eigenvalue weighted by Crippen LogP contribution is 2.16. The molecule has 1 heterocycles. The molecule has 2 N–H and O–H groups in total. The lowest BCUT2D eigenvalue weighted by atomic mass is 10.2. The third kappa shape index (κ3) is 5.66. The van der Waals surface area contributed by atoms with Crippen molar-refractivity contribution in [1.29, 1.82) is 0 Å². The molecule has 1 amide bonds. The molecule has 0 saturated carbocycles. The Morgan fingerprint density at radius 3 is 2.83 bits per heavy atom. The van der Waals surface area contributed by atoms with E-state index in [9.17, 15) is 9.59 Å². The number of aromatic carboxylic acids is 1. The minimum absolute atomic E-state index is 0.0432. The maximum absolute atomic E-state index is 11.7. The Morgan fingerprint density at radius 1 is 1.33 bits per heavy atom. The summed E-state index contributed by atoms with van der Waals surface area (Å²) >= 11 is 1.29. The number of aryl methyl sites for hydroxylation is 1. The summed E-state index contributed by atoms with van der Waals surface area (Å²) in [5.41, 5.74) is 1.13. The molecule has 128 valence electrons. The van der Waals surface area contributed by atoms with E-state index in [1.807, 2.05) is 31.2 Å². The molecule has 0 radical (unpaired) electrons. The van der Waals surface area contributed by atoms with Gasteiger partial charge in [-0.3, -0.25) is 4.79 Å². The summed E-state index contributed by atoms with van der Waals surface area (Å²) in [7, 11) is 0. The highest BCUT2D eigenvalue weighted by Gasteiger charge is 2.09. The van der Waals surface area contributed by atoms with Crippen molar-refractivity contribution < 1.29 is 19.4 Å².